The van der Waals surface area contributed by atoms with E-state index in [1.165, 1.54) is 19.5 Å². The Labute approximate surface area is 127 Å². The standard InChI is InChI=1S/C18H25NO2/c1-15(2)17-8-9-19(14-17)10-12-21-18-7-3-5-16(13-18)6-4-11-20/h3,5,7,13,15,17,20H,8-12,14H2,1-2H3. The van der Waals surface area contributed by atoms with E-state index in [1.54, 1.807) is 0 Å². The number of ether oxygens (including phenoxy) is 1. The van der Waals surface area contributed by atoms with Gasteiger partial charge < -0.3 is 9.84 Å². The first-order chi connectivity index (χ1) is 10.2. The second-order valence-electron chi connectivity index (χ2n) is 5.93. The highest BCUT2D eigenvalue weighted by Gasteiger charge is 2.24. The van der Waals surface area contributed by atoms with Crippen molar-refractivity contribution >= 4 is 0 Å². The zero-order valence-electron chi connectivity index (χ0n) is 13.0. The molecule has 1 atom stereocenters. The summed E-state index contributed by atoms with van der Waals surface area (Å²) in [7, 11) is 0. The molecule has 1 N–H and O–H groups in total. The van der Waals surface area contributed by atoms with Crippen LogP contribution in [0.25, 0.3) is 0 Å². The summed E-state index contributed by atoms with van der Waals surface area (Å²) < 4.78 is 5.81. The molecule has 0 aliphatic carbocycles. The van der Waals surface area contributed by atoms with E-state index in [-0.39, 0.29) is 6.61 Å². The van der Waals surface area contributed by atoms with Crippen molar-refractivity contribution in [1.29, 1.82) is 0 Å². The van der Waals surface area contributed by atoms with Gasteiger partial charge in [-0.05, 0) is 43.0 Å². The van der Waals surface area contributed by atoms with Crippen molar-refractivity contribution in [2.24, 2.45) is 11.8 Å². The van der Waals surface area contributed by atoms with Gasteiger partial charge in [-0.2, -0.15) is 0 Å². The normalized spacial score (nSPS) is 18.6. The number of benzene rings is 1. The Morgan fingerprint density at radius 2 is 2.29 bits per heavy atom. The highest BCUT2D eigenvalue weighted by Crippen LogP contribution is 2.23. The molecule has 0 radical (unpaired) electrons. The molecule has 1 unspecified atom stereocenters. The largest absolute Gasteiger partial charge is 0.492 e. The quantitative estimate of drug-likeness (QED) is 0.844. The predicted molar refractivity (Wildman–Crippen MR) is 85.3 cm³/mol. The minimum absolute atomic E-state index is 0.114. The van der Waals surface area contributed by atoms with Crippen molar-refractivity contribution in [2.75, 3.05) is 32.8 Å². The fraction of sp³-hybridized carbons (Fsp3) is 0.556. The maximum atomic E-state index is 8.71. The second kappa shape index (κ2) is 8.07. The lowest BCUT2D eigenvalue weighted by molar-refractivity contribution is 0.227. The summed E-state index contributed by atoms with van der Waals surface area (Å²) in [5.74, 6) is 8.00. The minimum atomic E-state index is -0.114. The van der Waals surface area contributed by atoms with E-state index in [4.69, 9.17) is 9.84 Å². The highest BCUT2D eigenvalue weighted by atomic mass is 16.5. The van der Waals surface area contributed by atoms with E-state index in [1.807, 2.05) is 24.3 Å². The van der Waals surface area contributed by atoms with Crippen molar-refractivity contribution in [2.45, 2.75) is 20.3 Å². The number of hydrogen-bond donors (Lipinski definition) is 1. The van der Waals surface area contributed by atoms with Gasteiger partial charge in [0.25, 0.3) is 0 Å². The molecular formula is C18H25NO2. The van der Waals surface area contributed by atoms with Crippen LogP contribution in [0.2, 0.25) is 0 Å². The lowest BCUT2D eigenvalue weighted by Gasteiger charge is -2.18. The van der Waals surface area contributed by atoms with Gasteiger partial charge in [0.1, 0.15) is 19.0 Å². The maximum Gasteiger partial charge on any atom is 0.120 e. The molecule has 0 amide bonds. The zero-order chi connectivity index (χ0) is 15.1. The molecular weight excluding hydrogens is 262 g/mol. The summed E-state index contributed by atoms with van der Waals surface area (Å²) in [6.07, 6.45) is 1.31. The van der Waals surface area contributed by atoms with E-state index in [0.29, 0.717) is 6.61 Å². The maximum absolute atomic E-state index is 8.71. The van der Waals surface area contributed by atoms with E-state index in [9.17, 15) is 0 Å². The summed E-state index contributed by atoms with van der Waals surface area (Å²) in [5, 5.41) is 8.71. The van der Waals surface area contributed by atoms with Gasteiger partial charge in [0.15, 0.2) is 0 Å². The third-order valence-electron chi connectivity index (χ3n) is 4.07. The summed E-state index contributed by atoms with van der Waals surface area (Å²) in [6.45, 7) is 8.58. The Kier molecular flexibility index (Phi) is 6.10. The van der Waals surface area contributed by atoms with Crippen molar-refractivity contribution in [1.82, 2.24) is 4.90 Å². The number of hydrogen-bond acceptors (Lipinski definition) is 3. The van der Waals surface area contributed by atoms with E-state index in [0.717, 1.165) is 29.7 Å². The molecule has 0 aromatic heterocycles. The molecule has 1 fully saturated rings. The Morgan fingerprint density at radius 3 is 3.00 bits per heavy atom. The average molecular weight is 287 g/mol. The lowest BCUT2D eigenvalue weighted by atomic mass is 9.95. The van der Waals surface area contributed by atoms with Crippen LogP contribution in [0.1, 0.15) is 25.8 Å². The Hall–Kier alpha value is -1.50. The third kappa shape index (κ3) is 5.08. The summed E-state index contributed by atoms with van der Waals surface area (Å²) in [5.41, 5.74) is 0.877. The van der Waals surface area contributed by atoms with Crippen LogP contribution < -0.4 is 4.74 Å². The van der Waals surface area contributed by atoms with Gasteiger partial charge in [0, 0.05) is 18.7 Å². The Morgan fingerprint density at radius 1 is 1.43 bits per heavy atom. The van der Waals surface area contributed by atoms with Gasteiger partial charge in [-0.3, -0.25) is 4.90 Å². The molecule has 1 aromatic rings. The molecule has 1 heterocycles. The monoisotopic (exact) mass is 287 g/mol. The van der Waals surface area contributed by atoms with Crippen LogP contribution in [0.4, 0.5) is 0 Å². The average Bonchev–Trinajstić information content (AvgIpc) is 2.95. The SMILES string of the molecule is CC(C)C1CCN(CCOc2cccc(C#CCO)c2)C1. The molecule has 0 bridgehead atoms. The lowest BCUT2D eigenvalue weighted by Crippen LogP contribution is -2.27. The van der Waals surface area contributed by atoms with Crippen LogP contribution in [-0.4, -0.2) is 42.9 Å². The van der Waals surface area contributed by atoms with Crippen molar-refractivity contribution in [3.05, 3.63) is 29.8 Å². The molecule has 0 spiro atoms. The molecule has 0 saturated carbocycles. The van der Waals surface area contributed by atoms with Gasteiger partial charge in [0.2, 0.25) is 0 Å². The molecule has 1 aromatic carbocycles. The van der Waals surface area contributed by atoms with Gasteiger partial charge in [0.05, 0.1) is 0 Å². The van der Waals surface area contributed by atoms with Gasteiger partial charge in [-0.1, -0.05) is 31.8 Å². The van der Waals surface area contributed by atoms with Crippen molar-refractivity contribution in [3.63, 3.8) is 0 Å². The topological polar surface area (TPSA) is 32.7 Å². The van der Waals surface area contributed by atoms with Crippen molar-refractivity contribution < 1.29 is 9.84 Å². The number of aliphatic hydroxyl groups is 1. The summed E-state index contributed by atoms with van der Waals surface area (Å²) in [6, 6.07) is 7.72. The second-order valence-corrected chi connectivity index (χ2v) is 5.93. The zero-order valence-corrected chi connectivity index (χ0v) is 13.0. The van der Waals surface area contributed by atoms with Crippen LogP contribution >= 0.6 is 0 Å². The number of likely N-dealkylation sites (tertiary alicyclic amines) is 1. The smallest absolute Gasteiger partial charge is 0.120 e. The Bertz CT molecular complexity index is 501. The molecule has 3 heteroatoms. The van der Waals surface area contributed by atoms with Crippen LogP contribution in [-0.2, 0) is 0 Å². The molecule has 1 saturated heterocycles. The fourth-order valence-corrected chi connectivity index (χ4v) is 2.71. The van der Waals surface area contributed by atoms with Crippen LogP contribution in [0.15, 0.2) is 24.3 Å². The predicted octanol–water partition coefficient (Wildman–Crippen LogP) is 2.39. The molecule has 1 aliphatic heterocycles. The number of nitrogens with zero attached hydrogens (tertiary/aromatic N) is 1. The molecule has 114 valence electrons. The first-order valence-electron chi connectivity index (χ1n) is 7.74. The third-order valence-corrected chi connectivity index (χ3v) is 4.07. The summed E-state index contributed by atoms with van der Waals surface area (Å²) >= 11 is 0. The minimum Gasteiger partial charge on any atom is -0.492 e. The van der Waals surface area contributed by atoms with E-state index < -0.39 is 0 Å². The molecule has 21 heavy (non-hydrogen) atoms. The first kappa shape index (κ1) is 15.9. The summed E-state index contributed by atoms with van der Waals surface area (Å²) in [4.78, 5) is 2.49. The molecule has 2 rings (SSSR count). The van der Waals surface area contributed by atoms with Crippen LogP contribution in [0.3, 0.4) is 0 Å². The van der Waals surface area contributed by atoms with Gasteiger partial charge in [-0.25, -0.2) is 0 Å². The van der Waals surface area contributed by atoms with Gasteiger partial charge in [-0.15, -0.1) is 0 Å². The van der Waals surface area contributed by atoms with E-state index >= 15 is 0 Å². The first-order valence-corrected chi connectivity index (χ1v) is 7.74. The van der Waals surface area contributed by atoms with Gasteiger partial charge >= 0.3 is 0 Å². The van der Waals surface area contributed by atoms with Crippen LogP contribution in [0.5, 0.6) is 5.75 Å². The number of rotatable bonds is 5. The molecule has 1 aliphatic rings. The Balaban J connectivity index is 1.76. The molecule has 3 nitrogen and oxygen atoms in total. The number of aliphatic hydroxyl groups excluding tert-OH is 1. The van der Waals surface area contributed by atoms with Crippen LogP contribution in [0, 0.1) is 23.7 Å². The fourth-order valence-electron chi connectivity index (χ4n) is 2.71. The highest BCUT2D eigenvalue weighted by molar-refractivity contribution is 5.39. The van der Waals surface area contributed by atoms with Crippen molar-refractivity contribution in [3.8, 4) is 17.6 Å². The van der Waals surface area contributed by atoms with E-state index in [2.05, 4.69) is 30.6 Å².